The Balaban J connectivity index is 2.08. The fraction of sp³-hybridized carbons (Fsp3) is 0.188. The minimum atomic E-state index is -0.610. The molecule has 0 aliphatic rings. The average molecular weight is 319 g/mol. The van der Waals surface area contributed by atoms with E-state index in [2.05, 4.69) is 5.32 Å². The molecule has 22 heavy (non-hydrogen) atoms. The number of nitro groups is 1. The van der Waals surface area contributed by atoms with Crippen LogP contribution in [-0.4, -0.2) is 17.4 Å². The zero-order valence-electron chi connectivity index (χ0n) is 12.0. The van der Waals surface area contributed by atoms with Gasteiger partial charge >= 0.3 is 0 Å². The van der Waals surface area contributed by atoms with Crippen molar-refractivity contribution in [2.45, 2.75) is 12.8 Å². The highest BCUT2D eigenvalue weighted by atomic mass is 35.5. The molecule has 2 rings (SSSR count). The highest BCUT2D eigenvalue weighted by Crippen LogP contribution is 2.23. The molecule has 0 saturated carbocycles. The minimum absolute atomic E-state index is 0.00895. The molecule has 0 heterocycles. The Bertz CT molecular complexity index is 689. The maximum atomic E-state index is 12.2. The van der Waals surface area contributed by atoms with Crippen LogP contribution in [0.15, 0.2) is 48.5 Å². The van der Waals surface area contributed by atoms with Crippen LogP contribution >= 0.6 is 11.6 Å². The zero-order valence-corrected chi connectivity index (χ0v) is 12.7. The predicted octanol–water partition coefficient (Wildman–Crippen LogP) is 3.78. The molecule has 114 valence electrons. The standard InChI is InChI=1S/C16H15ClN2O3/c1-11(12-5-3-2-4-6-12)10-18-16(20)14-8-7-13(17)9-15(14)19(21)22/h2-9,11H,10H2,1H3,(H,18,20)/t11-/m1/s1. The Morgan fingerprint density at radius 3 is 2.59 bits per heavy atom. The Labute approximate surface area is 133 Å². The molecule has 0 radical (unpaired) electrons. The molecule has 0 bridgehead atoms. The number of nitro benzene ring substituents is 1. The van der Waals surface area contributed by atoms with Gasteiger partial charge in [-0.15, -0.1) is 0 Å². The molecule has 2 aromatic rings. The molecule has 0 saturated heterocycles. The van der Waals surface area contributed by atoms with Gasteiger partial charge in [0.15, 0.2) is 0 Å². The van der Waals surface area contributed by atoms with Gasteiger partial charge in [0.25, 0.3) is 11.6 Å². The van der Waals surface area contributed by atoms with Crippen molar-refractivity contribution in [3.8, 4) is 0 Å². The van der Waals surface area contributed by atoms with E-state index in [-0.39, 0.29) is 22.2 Å². The van der Waals surface area contributed by atoms with Gasteiger partial charge < -0.3 is 5.32 Å². The van der Waals surface area contributed by atoms with Gasteiger partial charge in [-0.3, -0.25) is 14.9 Å². The second-order valence-corrected chi connectivity index (χ2v) is 5.38. The Hall–Kier alpha value is -2.40. The molecule has 0 unspecified atom stereocenters. The monoisotopic (exact) mass is 318 g/mol. The summed E-state index contributed by atoms with van der Waals surface area (Å²) in [6, 6.07) is 13.7. The van der Waals surface area contributed by atoms with Crippen LogP contribution in [0.4, 0.5) is 5.69 Å². The summed E-state index contributed by atoms with van der Waals surface area (Å²) in [5.74, 6) is -0.373. The molecule has 6 heteroatoms. The summed E-state index contributed by atoms with van der Waals surface area (Å²) in [5.41, 5.74) is 0.806. The van der Waals surface area contributed by atoms with Crippen molar-refractivity contribution in [2.75, 3.05) is 6.54 Å². The Morgan fingerprint density at radius 2 is 1.95 bits per heavy atom. The first kappa shape index (κ1) is 16.0. The molecular weight excluding hydrogens is 304 g/mol. The first-order valence-electron chi connectivity index (χ1n) is 6.76. The van der Waals surface area contributed by atoms with E-state index in [1.54, 1.807) is 0 Å². The van der Waals surface area contributed by atoms with Gasteiger partial charge in [0.1, 0.15) is 5.56 Å². The SMILES string of the molecule is C[C@H](CNC(=O)c1ccc(Cl)cc1[N+](=O)[O-])c1ccccc1. The topological polar surface area (TPSA) is 72.2 Å². The van der Waals surface area contributed by atoms with Crippen molar-refractivity contribution in [3.05, 3.63) is 74.8 Å². The molecule has 0 aliphatic heterocycles. The van der Waals surface area contributed by atoms with Crippen LogP contribution in [0.1, 0.15) is 28.8 Å². The van der Waals surface area contributed by atoms with Gasteiger partial charge in [0.2, 0.25) is 0 Å². The number of hydrogen-bond donors (Lipinski definition) is 1. The number of amides is 1. The molecule has 0 fully saturated rings. The van der Waals surface area contributed by atoms with Crippen LogP contribution in [0, 0.1) is 10.1 Å². The number of hydrogen-bond acceptors (Lipinski definition) is 3. The van der Waals surface area contributed by atoms with Gasteiger partial charge in [0.05, 0.1) is 4.92 Å². The van der Waals surface area contributed by atoms with Crippen molar-refractivity contribution in [1.29, 1.82) is 0 Å². The Morgan fingerprint density at radius 1 is 1.27 bits per heavy atom. The predicted molar refractivity (Wildman–Crippen MR) is 85.3 cm³/mol. The summed E-state index contributed by atoms with van der Waals surface area (Å²) in [5, 5.41) is 14.0. The third-order valence-corrected chi connectivity index (χ3v) is 3.57. The first-order valence-corrected chi connectivity index (χ1v) is 7.14. The lowest BCUT2D eigenvalue weighted by molar-refractivity contribution is -0.385. The van der Waals surface area contributed by atoms with E-state index in [4.69, 9.17) is 11.6 Å². The molecule has 1 N–H and O–H groups in total. The van der Waals surface area contributed by atoms with E-state index in [1.807, 2.05) is 37.3 Å². The molecule has 0 spiro atoms. The summed E-state index contributed by atoms with van der Waals surface area (Å²) in [4.78, 5) is 22.6. The van der Waals surface area contributed by atoms with Gasteiger partial charge in [-0.05, 0) is 23.6 Å². The number of nitrogens with zero attached hydrogens (tertiary/aromatic N) is 1. The summed E-state index contributed by atoms with van der Waals surface area (Å²) in [6.07, 6.45) is 0. The molecule has 0 aromatic heterocycles. The van der Waals surface area contributed by atoms with Crippen LogP contribution in [-0.2, 0) is 0 Å². The molecular formula is C16H15ClN2O3. The highest BCUT2D eigenvalue weighted by Gasteiger charge is 2.20. The maximum absolute atomic E-state index is 12.2. The molecule has 0 aliphatic carbocycles. The van der Waals surface area contributed by atoms with E-state index in [9.17, 15) is 14.9 Å². The second kappa shape index (κ2) is 7.04. The van der Waals surface area contributed by atoms with Crippen LogP contribution in [0.25, 0.3) is 0 Å². The fourth-order valence-corrected chi connectivity index (χ4v) is 2.25. The maximum Gasteiger partial charge on any atom is 0.283 e. The third kappa shape index (κ3) is 3.83. The van der Waals surface area contributed by atoms with Gasteiger partial charge in [0, 0.05) is 17.6 Å². The van der Waals surface area contributed by atoms with Crippen LogP contribution in [0.2, 0.25) is 5.02 Å². The van der Waals surface area contributed by atoms with E-state index in [0.717, 1.165) is 5.56 Å². The summed E-state index contributed by atoms with van der Waals surface area (Å²) >= 11 is 5.74. The van der Waals surface area contributed by atoms with Crippen molar-refractivity contribution >= 4 is 23.2 Å². The zero-order chi connectivity index (χ0) is 16.1. The number of nitrogens with one attached hydrogen (secondary N) is 1. The second-order valence-electron chi connectivity index (χ2n) is 4.94. The number of benzene rings is 2. The lowest BCUT2D eigenvalue weighted by Gasteiger charge is -2.13. The number of carbonyl (C=O) groups excluding carboxylic acids is 1. The molecule has 1 amide bonds. The largest absolute Gasteiger partial charge is 0.351 e. The van der Waals surface area contributed by atoms with Gasteiger partial charge in [-0.1, -0.05) is 48.9 Å². The molecule has 2 aromatic carbocycles. The lowest BCUT2D eigenvalue weighted by atomic mass is 10.0. The third-order valence-electron chi connectivity index (χ3n) is 3.34. The summed E-state index contributed by atoms with van der Waals surface area (Å²) < 4.78 is 0. The molecule has 1 atom stereocenters. The van der Waals surface area contributed by atoms with Crippen molar-refractivity contribution in [3.63, 3.8) is 0 Å². The summed E-state index contributed by atoms with van der Waals surface area (Å²) in [6.45, 7) is 2.37. The molecule has 5 nitrogen and oxygen atoms in total. The van der Waals surface area contributed by atoms with E-state index in [1.165, 1.54) is 18.2 Å². The summed E-state index contributed by atoms with van der Waals surface area (Å²) in [7, 11) is 0. The van der Waals surface area contributed by atoms with Crippen LogP contribution < -0.4 is 5.32 Å². The van der Waals surface area contributed by atoms with Gasteiger partial charge in [-0.2, -0.15) is 0 Å². The highest BCUT2D eigenvalue weighted by molar-refractivity contribution is 6.31. The number of carbonyl (C=O) groups is 1. The van der Waals surface area contributed by atoms with Crippen molar-refractivity contribution in [2.24, 2.45) is 0 Å². The number of halogens is 1. The number of rotatable bonds is 5. The Kier molecular flexibility index (Phi) is 5.12. The fourth-order valence-electron chi connectivity index (χ4n) is 2.09. The minimum Gasteiger partial charge on any atom is -0.351 e. The van der Waals surface area contributed by atoms with E-state index in [0.29, 0.717) is 6.54 Å². The normalized spacial score (nSPS) is 11.7. The van der Waals surface area contributed by atoms with Crippen molar-refractivity contribution in [1.82, 2.24) is 5.32 Å². The smallest absolute Gasteiger partial charge is 0.283 e. The van der Waals surface area contributed by atoms with E-state index < -0.39 is 10.8 Å². The van der Waals surface area contributed by atoms with Gasteiger partial charge in [-0.25, -0.2) is 0 Å². The lowest BCUT2D eigenvalue weighted by Crippen LogP contribution is -2.28. The average Bonchev–Trinajstić information content (AvgIpc) is 2.53. The van der Waals surface area contributed by atoms with Crippen LogP contribution in [0.5, 0.6) is 0 Å². The quantitative estimate of drug-likeness (QED) is 0.673. The first-order chi connectivity index (χ1) is 10.5. The van der Waals surface area contributed by atoms with E-state index >= 15 is 0 Å². The van der Waals surface area contributed by atoms with Crippen LogP contribution in [0.3, 0.4) is 0 Å². The van der Waals surface area contributed by atoms with Crippen molar-refractivity contribution < 1.29 is 9.72 Å².